The zero-order valence-electron chi connectivity index (χ0n) is 15.1. The SMILES string of the molecule is O=C(Oc1ccc2ccccc2c1)c1ccc(S(=O)(=O)N2CCOCC2)cc1. The Kier molecular flexibility index (Phi) is 5.13. The molecule has 3 aromatic carbocycles. The second-order valence-corrected chi connectivity index (χ2v) is 8.38. The van der Waals surface area contributed by atoms with Crippen LogP contribution in [0.4, 0.5) is 0 Å². The van der Waals surface area contributed by atoms with Crippen molar-refractivity contribution < 1.29 is 22.7 Å². The molecule has 0 N–H and O–H groups in total. The maximum atomic E-state index is 12.6. The molecule has 1 aliphatic heterocycles. The van der Waals surface area contributed by atoms with Crippen LogP contribution >= 0.6 is 0 Å². The van der Waals surface area contributed by atoms with Crippen LogP contribution in [0.25, 0.3) is 10.8 Å². The molecule has 1 fully saturated rings. The van der Waals surface area contributed by atoms with E-state index in [0.717, 1.165) is 10.8 Å². The van der Waals surface area contributed by atoms with Gasteiger partial charge in [-0.05, 0) is 47.2 Å². The minimum absolute atomic E-state index is 0.150. The summed E-state index contributed by atoms with van der Waals surface area (Å²) in [5, 5.41) is 2.03. The quantitative estimate of drug-likeness (QED) is 0.500. The van der Waals surface area contributed by atoms with E-state index in [1.807, 2.05) is 30.3 Å². The third kappa shape index (κ3) is 3.77. The van der Waals surface area contributed by atoms with Crippen LogP contribution in [0.15, 0.2) is 71.6 Å². The highest BCUT2D eigenvalue weighted by atomic mass is 32.2. The molecule has 0 unspecified atom stereocenters. The normalized spacial score (nSPS) is 15.4. The number of rotatable bonds is 4. The largest absolute Gasteiger partial charge is 0.423 e. The molecule has 0 spiro atoms. The van der Waals surface area contributed by atoms with Crippen molar-refractivity contribution in [3.05, 3.63) is 72.3 Å². The number of fused-ring (bicyclic) bond motifs is 1. The summed E-state index contributed by atoms with van der Waals surface area (Å²) in [7, 11) is -3.59. The van der Waals surface area contributed by atoms with Crippen LogP contribution in [0.1, 0.15) is 10.4 Å². The topological polar surface area (TPSA) is 72.9 Å². The van der Waals surface area contributed by atoms with E-state index >= 15 is 0 Å². The number of carbonyl (C=O) groups excluding carboxylic acids is 1. The number of sulfonamides is 1. The summed E-state index contributed by atoms with van der Waals surface area (Å²) in [5.74, 6) is -0.0979. The third-order valence-corrected chi connectivity index (χ3v) is 6.54. The highest BCUT2D eigenvalue weighted by molar-refractivity contribution is 7.89. The Morgan fingerprint density at radius 1 is 0.893 bits per heavy atom. The Bertz CT molecular complexity index is 1100. The van der Waals surface area contributed by atoms with Crippen molar-refractivity contribution in [2.24, 2.45) is 0 Å². The Morgan fingerprint density at radius 2 is 1.57 bits per heavy atom. The lowest BCUT2D eigenvalue weighted by molar-refractivity contribution is 0.0730. The standard InChI is InChI=1S/C21H19NO5S/c23-21(27-19-8-5-16-3-1-2-4-18(16)15-19)17-6-9-20(10-7-17)28(24,25)22-11-13-26-14-12-22/h1-10,15H,11-14H2. The lowest BCUT2D eigenvalue weighted by Gasteiger charge is -2.26. The summed E-state index contributed by atoms with van der Waals surface area (Å²) >= 11 is 0. The molecule has 0 aliphatic carbocycles. The molecule has 0 bridgehead atoms. The van der Waals surface area contributed by atoms with Crippen molar-refractivity contribution in [1.82, 2.24) is 4.31 Å². The van der Waals surface area contributed by atoms with Crippen LogP contribution in [-0.2, 0) is 14.8 Å². The highest BCUT2D eigenvalue weighted by Gasteiger charge is 2.26. The maximum absolute atomic E-state index is 12.6. The van der Waals surface area contributed by atoms with Gasteiger partial charge in [0.15, 0.2) is 0 Å². The van der Waals surface area contributed by atoms with Gasteiger partial charge in [-0.25, -0.2) is 13.2 Å². The number of hydrogen-bond acceptors (Lipinski definition) is 5. The average Bonchev–Trinajstić information content (AvgIpc) is 2.74. The molecule has 1 aliphatic rings. The second kappa shape index (κ2) is 7.71. The second-order valence-electron chi connectivity index (χ2n) is 6.44. The molecule has 4 rings (SSSR count). The zero-order valence-corrected chi connectivity index (χ0v) is 15.9. The predicted octanol–water partition coefficient (Wildman–Crippen LogP) is 3.08. The van der Waals surface area contributed by atoms with Gasteiger partial charge in [0.05, 0.1) is 23.7 Å². The zero-order chi connectivity index (χ0) is 19.6. The van der Waals surface area contributed by atoms with Gasteiger partial charge in [-0.2, -0.15) is 4.31 Å². The van der Waals surface area contributed by atoms with Crippen molar-refractivity contribution >= 4 is 26.8 Å². The van der Waals surface area contributed by atoms with Gasteiger partial charge in [0.1, 0.15) is 5.75 Å². The smallest absolute Gasteiger partial charge is 0.343 e. The Labute approximate surface area is 163 Å². The van der Waals surface area contributed by atoms with E-state index in [0.29, 0.717) is 32.1 Å². The number of hydrogen-bond donors (Lipinski definition) is 0. The lowest BCUT2D eigenvalue weighted by atomic mass is 10.1. The Hall–Kier alpha value is -2.74. The van der Waals surface area contributed by atoms with Gasteiger partial charge in [0.25, 0.3) is 0 Å². The first-order valence-electron chi connectivity index (χ1n) is 8.93. The maximum Gasteiger partial charge on any atom is 0.343 e. The van der Waals surface area contributed by atoms with Crippen LogP contribution < -0.4 is 4.74 Å². The van der Waals surface area contributed by atoms with E-state index in [-0.39, 0.29) is 10.5 Å². The summed E-state index contributed by atoms with van der Waals surface area (Å²) in [6, 6.07) is 19.0. The van der Waals surface area contributed by atoms with Gasteiger partial charge in [-0.1, -0.05) is 30.3 Å². The van der Waals surface area contributed by atoms with Crippen LogP contribution in [0.5, 0.6) is 5.75 Å². The summed E-state index contributed by atoms with van der Waals surface area (Å²) in [4.78, 5) is 12.6. The summed E-state index contributed by atoms with van der Waals surface area (Å²) in [6.07, 6.45) is 0. The van der Waals surface area contributed by atoms with Gasteiger partial charge >= 0.3 is 5.97 Å². The minimum atomic E-state index is -3.59. The fourth-order valence-electron chi connectivity index (χ4n) is 3.10. The summed E-state index contributed by atoms with van der Waals surface area (Å²) < 4.78 is 37.3. The first-order chi connectivity index (χ1) is 13.5. The first-order valence-corrected chi connectivity index (χ1v) is 10.4. The molecule has 28 heavy (non-hydrogen) atoms. The van der Waals surface area contributed by atoms with Gasteiger partial charge < -0.3 is 9.47 Å². The molecule has 0 amide bonds. The number of carbonyl (C=O) groups is 1. The predicted molar refractivity (Wildman–Crippen MR) is 105 cm³/mol. The number of benzene rings is 3. The Balaban J connectivity index is 1.50. The van der Waals surface area contributed by atoms with E-state index in [2.05, 4.69) is 0 Å². The molecule has 0 saturated carbocycles. The van der Waals surface area contributed by atoms with Crippen LogP contribution in [0.2, 0.25) is 0 Å². The highest BCUT2D eigenvalue weighted by Crippen LogP contribution is 2.22. The van der Waals surface area contributed by atoms with Gasteiger partial charge in [0, 0.05) is 13.1 Å². The molecule has 7 heteroatoms. The molecule has 0 aromatic heterocycles. The van der Waals surface area contributed by atoms with Gasteiger partial charge in [0.2, 0.25) is 10.0 Å². The molecule has 1 heterocycles. The van der Waals surface area contributed by atoms with Crippen molar-refractivity contribution in [2.45, 2.75) is 4.90 Å². The fourth-order valence-corrected chi connectivity index (χ4v) is 4.50. The minimum Gasteiger partial charge on any atom is -0.423 e. The van der Waals surface area contributed by atoms with E-state index in [4.69, 9.17) is 9.47 Å². The van der Waals surface area contributed by atoms with Crippen LogP contribution in [-0.4, -0.2) is 45.0 Å². The average molecular weight is 397 g/mol. The monoisotopic (exact) mass is 397 g/mol. The number of morpholine rings is 1. The molecule has 1 saturated heterocycles. The number of ether oxygens (including phenoxy) is 2. The number of esters is 1. The van der Waals surface area contributed by atoms with E-state index in [9.17, 15) is 13.2 Å². The molecule has 0 atom stereocenters. The van der Waals surface area contributed by atoms with Crippen molar-refractivity contribution in [3.8, 4) is 5.75 Å². The van der Waals surface area contributed by atoms with Gasteiger partial charge in [-0.15, -0.1) is 0 Å². The fraction of sp³-hybridized carbons (Fsp3) is 0.190. The first kappa shape index (κ1) is 18.6. The molecule has 0 radical (unpaired) electrons. The van der Waals surface area contributed by atoms with Crippen molar-refractivity contribution in [2.75, 3.05) is 26.3 Å². The van der Waals surface area contributed by atoms with Crippen LogP contribution in [0, 0.1) is 0 Å². The summed E-state index contributed by atoms with van der Waals surface area (Å²) in [6.45, 7) is 1.42. The number of nitrogens with zero attached hydrogens (tertiary/aromatic N) is 1. The van der Waals surface area contributed by atoms with Crippen molar-refractivity contribution in [3.63, 3.8) is 0 Å². The van der Waals surface area contributed by atoms with Crippen molar-refractivity contribution in [1.29, 1.82) is 0 Å². The molecule has 144 valence electrons. The molecular weight excluding hydrogens is 378 g/mol. The van der Waals surface area contributed by atoms with Crippen LogP contribution in [0.3, 0.4) is 0 Å². The van der Waals surface area contributed by atoms with E-state index < -0.39 is 16.0 Å². The summed E-state index contributed by atoms with van der Waals surface area (Å²) in [5.41, 5.74) is 0.286. The van der Waals surface area contributed by atoms with Gasteiger partial charge in [-0.3, -0.25) is 0 Å². The lowest BCUT2D eigenvalue weighted by Crippen LogP contribution is -2.40. The van der Waals surface area contributed by atoms with E-state index in [1.54, 1.807) is 12.1 Å². The molecule has 3 aromatic rings. The Morgan fingerprint density at radius 3 is 2.29 bits per heavy atom. The third-order valence-electron chi connectivity index (χ3n) is 4.63. The molecule has 6 nitrogen and oxygen atoms in total. The van der Waals surface area contributed by atoms with E-state index in [1.165, 1.54) is 28.6 Å². The molecular formula is C21H19NO5S.